The molecule has 0 unspecified atom stereocenters. The van der Waals surface area contributed by atoms with Crippen molar-refractivity contribution in [3.63, 3.8) is 0 Å². The van der Waals surface area contributed by atoms with Gasteiger partial charge in [0.2, 0.25) is 0 Å². The van der Waals surface area contributed by atoms with Crippen molar-refractivity contribution in [3.05, 3.63) is 51.8 Å². The van der Waals surface area contributed by atoms with Crippen molar-refractivity contribution in [2.75, 3.05) is 0 Å². The van der Waals surface area contributed by atoms with Crippen molar-refractivity contribution in [2.45, 2.75) is 45.4 Å². The summed E-state index contributed by atoms with van der Waals surface area (Å²) in [5.41, 5.74) is 4.26. The molecule has 2 aromatic heterocycles. The molecular formula is C16H18ClN3. The SMILES string of the molecule is CCc1ccc(Cc2nc(C3CC3)nc(Cl)c2C)nc1. The topological polar surface area (TPSA) is 38.7 Å². The quantitative estimate of drug-likeness (QED) is 0.802. The Morgan fingerprint density at radius 2 is 2.05 bits per heavy atom. The van der Waals surface area contributed by atoms with E-state index in [-0.39, 0.29) is 0 Å². The van der Waals surface area contributed by atoms with Gasteiger partial charge in [0.15, 0.2) is 0 Å². The second-order valence-corrected chi connectivity index (χ2v) is 5.76. The highest BCUT2D eigenvalue weighted by Gasteiger charge is 2.28. The molecule has 0 aliphatic heterocycles. The van der Waals surface area contributed by atoms with Crippen molar-refractivity contribution >= 4 is 11.6 Å². The summed E-state index contributed by atoms with van der Waals surface area (Å²) in [6, 6.07) is 4.20. The van der Waals surface area contributed by atoms with Crippen molar-refractivity contribution in [1.82, 2.24) is 15.0 Å². The van der Waals surface area contributed by atoms with E-state index >= 15 is 0 Å². The van der Waals surface area contributed by atoms with Crippen LogP contribution in [0.1, 0.15) is 54.0 Å². The van der Waals surface area contributed by atoms with Crippen LogP contribution in [-0.4, -0.2) is 15.0 Å². The number of halogens is 1. The van der Waals surface area contributed by atoms with Gasteiger partial charge < -0.3 is 0 Å². The van der Waals surface area contributed by atoms with E-state index in [1.54, 1.807) is 0 Å². The van der Waals surface area contributed by atoms with Crippen molar-refractivity contribution in [2.24, 2.45) is 0 Å². The number of aryl methyl sites for hydroxylation is 1. The lowest BCUT2D eigenvalue weighted by atomic mass is 10.1. The smallest absolute Gasteiger partial charge is 0.135 e. The third kappa shape index (κ3) is 2.83. The summed E-state index contributed by atoms with van der Waals surface area (Å²) in [6.07, 6.45) is 6.04. The minimum absolute atomic E-state index is 0.516. The third-order valence-electron chi connectivity index (χ3n) is 3.79. The van der Waals surface area contributed by atoms with Crippen LogP contribution in [0.2, 0.25) is 5.15 Å². The number of nitrogens with zero attached hydrogens (tertiary/aromatic N) is 3. The van der Waals surface area contributed by atoms with Crippen LogP contribution >= 0.6 is 11.6 Å². The molecule has 3 rings (SSSR count). The standard InChI is InChI=1S/C16H18ClN3/c1-3-11-4-7-13(18-9-11)8-14-10(2)15(17)20-16(19-14)12-5-6-12/h4,7,9,12H,3,5-6,8H2,1-2H3. The van der Waals surface area contributed by atoms with Gasteiger partial charge in [0.25, 0.3) is 0 Å². The average Bonchev–Trinajstić information content (AvgIpc) is 3.29. The zero-order valence-electron chi connectivity index (χ0n) is 11.9. The molecule has 3 nitrogen and oxygen atoms in total. The van der Waals surface area contributed by atoms with Gasteiger partial charge >= 0.3 is 0 Å². The molecule has 0 bridgehead atoms. The second kappa shape index (κ2) is 5.49. The van der Waals surface area contributed by atoms with Gasteiger partial charge in [0, 0.05) is 29.8 Å². The molecule has 104 valence electrons. The Hall–Kier alpha value is -1.48. The minimum Gasteiger partial charge on any atom is -0.261 e. The summed E-state index contributed by atoms with van der Waals surface area (Å²) in [7, 11) is 0. The van der Waals surface area contributed by atoms with Crippen molar-refractivity contribution < 1.29 is 0 Å². The Kier molecular flexibility index (Phi) is 3.70. The van der Waals surface area contributed by atoms with E-state index in [4.69, 9.17) is 16.6 Å². The first-order valence-electron chi connectivity index (χ1n) is 7.14. The zero-order valence-corrected chi connectivity index (χ0v) is 12.6. The molecule has 0 atom stereocenters. The largest absolute Gasteiger partial charge is 0.261 e. The molecule has 0 spiro atoms. The van der Waals surface area contributed by atoms with Crippen LogP contribution in [0.15, 0.2) is 18.3 Å². The summed E-state index contributed by atoms with van der Waals surface area (Å²) in [4.78, 5) is 13.6. The zero-order chi connectivity index (χ0) is 14.1. The highest BCUT2D eigenvalue weighted by Crippen LogP contribution is 2.39. The maximum Gasteiger partial charge on any atom is 0.135 e. The number of pyridine rings is 1. The van der Waals surface area contributed by atoms with Gasteiger partial charge in [-0.05, 0) is 37.8 Å². The maximum absolute atomic E-state index is 6.23. The molecule has 0 saturated heterocycles. The van der Waals surface area contributed by atoms with Gasteiger partial charge in [-0.25, -0.2) is 9.97 Å². The summed E-state index contributed by atoms with van der Waals surface area (Å²) >= 11 is 6.23. The number of rotatable bonds is 4. The molecule has 1 fully saturated rings. The third-order valence-corrected chi connectivity index (χ3v) is 4.16. The Morgan fingerprint density at radius 3 is 2.65 bits per heavy atom. The Balaban J connectivity index is 1.88. The summed E-state index contributed by atoms with van der Waals surface area (Å²) in [5, 5.41) is 0.585. The van der Waals surface area contributed by atoms with Crippen LogP contribution in [0.25, 0.3) is 0 Å². The normalized spacial score (nSPS) is 14.6. The van der Waals surface area contributed by atoms with Crippen LogP contribution in [0.4, 0.5) is 0 Å². The van der Waals surface area contributed by atoms with Crippen LogP contribution in [0, 0.1) is 6.92 Å². The van der Waals surface area contributed by atoms with E-state index in [9.17, 15) is 0 Å². The predicted octanol–water partition coefficient (Wildman–Crippen LogP) is 3.86. The van der Waals surface area contributed by atoms with Crippen LogP contribution in [0.3, 0.4) is 0 Å². The molecule has 0 N–H and O–H groups in total. The fourth-order valence-electron chi connectivity index (χ4n) is 2.19. The summed E-state index contributed by atoms with van der Waals surface area (Å²) < 4.78 is 0. The fourth-order valence-corrected chi connectivity index (χ4v) is 2.38. The van der Waals surface area contributed by atoms with Gasteiger partial charge in [-0.1, -0.05) is 24.6 Å². The fraction of sp³-hybridized carbons (Fsp3) is 0.438. The van der Waals surface area contributed by atoms with Gasteiger partial charge in [0.1, 0.15) is 11.0 Å². The minimum atomic E-state index is 0.516. The lowest BCUT2D eigenvalue weighted by Gasteiger charge is -2.09. The molecule has 20 heavy (non-hydrogen) atoms. The van der Waals surface area contributed by atoms with E-state index in [1.807, 2.05) is 13.1 Å². The van der Waals surface area contributed by atoms with Crippen LogP contribution in [-0.2, 0) is 12.8 Å². The van der Waals surface area contributed by atoms with E-state index in [0.717, 1.165) is 35.6 Å². The number of hydrogen-bond acceptors (Lipinski definition) is 3. The number of hydrogen-bond donors (Lipinski definition) is 0. The summed E-state index contributed by atoms with van der Waals surface area (Å²) in [5.74, 6) is 1.42. The monoisotopic (exact) mass is 287 g/mol. The Morgan fingerprint density at radius 1 is 1.25 bits per heavy atom. The van der Waals surface area contributed by atoms with Crippen molar-refractivity contribution in [3.8, 4) is 0 Å². The molecule has 4 heteroatoms. The molecule has 2 aromatic rings. The molecule has 2 heterocycles. The average molecular weight is 288 g/mol. The highest BCUT2D eigenvalue weighted by atomic mass is 35.5. The maximum atomic E-state index is 6.23. The first-order valence-corrected chi connectivity index (χ1v) is 7.52. The van der Waals surface area contributed by atoms with Gasteiger partial charge in [-0.2, -0.15) is 0 Å². The predicted molar refractivity (Wildman–Crippen MR) is 80.2 cm³/mol. The van der Waals surface area contributed by atoms with E-state index in [1.165, 1.54) is 18.4 Å². The van der Waals surface area contributed by atoms with E-state index in [0.29, 0.717) is 11.1 Å². The summed E-state index contributed by atoms with van der Waals surface area (Å²) in [6.45, 7) is 4.11. The van der Waals surface area contributed by atoms with Gasteiger partial charge in [0.05, 0.1) is 5.69 Å². The van der Waals surface area contributed by atoms with Crippen molar-refractivity contribution in [1.29, 1.82) is 0 Å². The lowest BCUT2D eigenvalue weighted by Crippen LogP contribution is -2.04. The van der Waals surface area contributed by atoms with Crippen LogP contribution < -0.4 is 0 Å². The highest BCUT2D eigenvalue weighted by molar-refractivity contribution is 6.30. The molecule has 0 amide bonds. The van der Waals surface area contributed by atoms with E-state index in [2.05, 4.69) is 29.0 Å². The van der Waals surface area contributed by atoms with Gasteiger partial charge in [-0.15, -0.1) is 0 Å². The molecule has 1 saturated carbocycles. The Labute approximate surface area is 124 Å². The first-order chi connectivity index (χ1) is 9.67. The Bertz CT molecular complexity index is 618. The molecule has 0 aromatic carbocycles. The molecule has 1 aliphatic rings. The second-order valence-electron chi connectivity index (χ2n) is 5.41. The lowest BCUT2D eigenvalue weighted by molar-refractivity contribution is 0.864. The van der Waals surface area contributed by atoms with Crippen LogP contribution in [0.5, 0.6) is 0 Å². The number of aromatic nitrogens is 3. The molecule has 1 aliphatic carbocycles. The van der Waals surface area contributed by atoms with E-state index < -0.39 is 0 Å². The molecule has 0 radical (unpaired) electrons. The molecular weight excluding hydrogens is 270 g/mol. The van der Waals surface area contributed by atoms with Gasteiger partial charge in [-0.3, -0.25) is 4.98 Å². The first kappa shape index (κ1) is 13.5.